The van der Waals surface area contributed by atoms with E-state index in [9.17, 15) is 13.6 Å². The highest BCUT2D eigenvalue weighted by Crippen LogP contribution is 2.40. The quantitative estimate of drug-likeness (QED) is 0.0673. The van der Waals surface area contributed by atoms with Gasteiger partial charge in [0.25, 0.3) is 0 Å². The lowest BCUT2D eigenvalue weighted by molar-refractivity contribution is -0.105. The molecule has 0 spiro atoms. The van der Waals surface area contributed by atoms with Crippen molar-refractivity contribution in [1.29, 1.82) is 0 Å². The Morgan fingerprint density at radius 3 is 2.19 bits per heavy atom. The fraction of sp³-hybridized carbons (Fsp3) is 0.342. The number of nitrogens with one attached hydrogen (secondary N) is 2. The van der Waals surface area contributed by atoms with E-state index in [0.29, 0.717) is 49.7 Å². The number of halogens is 2. The number of hydrogen-bond donors (Lipinski definition) is 2. The van der Waals surface area contributed by atoms with Gasteiger partial charge in [-0.05, 0) is 72.1 Å². The Kier molecular flexibility index (Phi) is 12.3. The summed E-state index contributed by atoms with van der Waals surface area (Å²) in [6.45, 7) is 11.9. The molecule has 0 saturated heterocycles. The zero-order valence-electron chi connectivity index (χ0n) is 27.9. The highest BCUT2D eigenvalue weighted by Gasteiger charge is 2.39. The Morgan fingerprint density at radius 1 is 0.830 bits per heavy atom. The average Bonchev–Trinajstić information content (AvgIpc) is 3.05. The average molecular weight is 661 g/mol. The number of carbonyl (C=O) groups is 1. The van der Waals surface area contributed by atoms with Crippen LogP contribution < -0.4 is 20.1 Å². The van der Waals surface area contributed by atoms with Gasteiger partial charge in [0.05, 0.1) is 11.8 Å². The summed E-state index contributed by atoms with van der Waals surface area (Å²) in [6, 6.07) is 30.6. The molecular formula is C38H46F2N2O4Si. The van der Waals surface area contributed by atoms with Crippen molar-refractivity contribution in [2.24, 2.45) is 0 Å². The first-order valence-electron chi connectivity index (χ1n) is 15.9. The van der Waals surface area contributed by atoms with Crippen LogP contribution in [0, 0.1) is 0 Å². The summed E-state index contributed by atoms with van der Waals surface area (Å²) in [5, 5.41) is 6.32. The van der Waals surface area contributed by atoms with Gasteiger partial charge in [-0.3, -0.25) is 4.79 Å². The fourth-order valence-corrected chi connectivity index (χ4v) is 6.03. The summed E-state index contributed by atoms with van der Waals surface area (Å²) in [4.78, 5) is 11.5. The highest BCUT2D eigenvalue weighted by atomic mass is 28.4. The minimum atomic E-state index is -3.09. The number of anilines is 1. The van der Waals surface area contributed by atoms with Gasteiger partial charge in [-0.25, -0.2) is 0 Å². The minimum absolute atomic E-state index is 0.00832. The zero-order chi connectivity index (χ0) is 33.9. The third kappa shape index (κ3) is 10.5. The molecule has 0 aliphatic rings. The van der Waals surface area contributed by atoms with E-state index < -0.39 is 20.8 Å². The first-order chi connectivity index (χ1) is 22.4. The Morgan fingerprint density at radius 2 is 1.51 bits per heavy atom. The van der Waals surface area contributed by atoms with Gasteiger partial charge >= 0.3 is 5.92 Å². The second kappa shape index (κ2) is 16.2. The lowest BCUT2D eigenvalue weighted by atomic mass is 10.1. The highest BCUT2D eigenvalue weighted by molar-refractivity contribution is 6.74. The molecule has 4 aromatic carbocycles. The Hall–Kier alpha value is -4.05. The molecule has 1 unspecified atom stereocenters. The summed E-state index contributed by atoms with van der Waals surface area (Å²) in [5.41, 5.74) is 3.43. The van der Waals surface area contributed by atoms with Gasteiger partial charge in [0.15, 0.2) is 14.9 Å². The Balaban J connectivity index is 1.42. The number of amides is 1. The molecule has 4 rings (SSSR count). The molecule has 0 aliphatic heterocycles. The molecule has 6 nitrogen and oxygen atoms in total. The lowest BCUT2D eigenvalue weighted by Gasteiger charge is -2.39. The van der Waals surface area contributed by atoms with Crippen molar-refractivity contribution in [2.45, 2.75) is 64.0 Å². The predicted molar refractivity (Wildman–Crippen MR) is 187 cm³/mol. The number of rotatable bonds is 17. The fourth-order valence-electron chi connectivity index (χ4n) is 4.74. The van der Waals surface area contributed by atoms with Crippen LogP contribution in [0.25, 0.3) is 0 Å². The maximum absolute atomic E-state index is 14.6. The van der Waals surface area contributed by atoms with E-state index in [2.05, 4.69) is 44.5 Å². The van der Waals surface area contributed by atoms with Crippen molar-refractivity contribution < 1.29 is 27.5 Å². The summed E-state index contributed by atoms with van der Waals surface area (Å²) in [5.74, 6) is -2.11. The summed E-state index contributed by atoms with van der Waals surface area (Å²) < 4.78 is 47.7. The third-order valence-electron chi connectivity index (χ3n) is 8.50. The maximum Gasteiger partial charge on any atom is 0.306 e. The number of hydrogen-bond acceptors (Lipinski definition) is 5. The van der Waals surface area contributed by atoms with Crippen LogP contribution in [0.3, 0.4) is 0 Å². The van der Waals surface area contributed by atoms with Crippen molar-refractivity contribution in [2.75, 3.05) is 25.0 Å². The second-order valence-electron chi connectivity index (χ2n) is 13.1. The number of alkyl halides is 2. The van der Waals surface area contributed by atoms with Crippen LogP contribution in [0.15, 0.2) is 103 Å². The van der Waals surface area contributed by atoms with Gasteiger partial charge in [0.1, 0.15) is 18.1 Å². The molecule has 1 atom stereocenters. The monoisotopic (exact) mass is 660 g/mol. The largest absolute Gasteiger partial charge is 0.487 e. The summed E-state index contributed by atoms with van der Waals surface area (Å²) in [6.07, 6.45) is 1.04. The zero-order valence-corrected chi connectivity index (χ0v) is 28.9. The summed E-state index contributed by atoms with van der Waals surface area (Å²) >= 11 is 0. The van der Waals surface area contributed by atoms with Crippen molar-refractivity contribution in [3.8, 4) is 11.5 Å². The molecule has 0 fully saturated rings. The third-order valence-corrected chi connectivity index (χ3v) is 13.0. The van der Waals surface area contributed by atoms with Crippen LogP contribution in [0.5, 0.6) is 11.5 Å². The topological polar surface area (TPSA) is 68.8 Å². The lowest BCUT2D eigenvalue weighted by Crippen LogP contribution is -2.43. The molecule has 4 aromatic rings. The van der Waals surface area contributed by atoms with Crippen LogP contribution in [0.1, 0.15) is 49.1 Å². The van der Waals surface area contributed by atoms with Crippen LogP contribution in [0.4, 0.5) is 14.5 Å². The molecule has 2 N–H and O–H groups in total. The molecule has 47 heavy (non-hydrogen) atoms. The van der Waals surface area contributed by atoms with E-state index in [1.807, 2.05) is 60.7 Å². The Bertz CT molecular complexity index is 1560. The van der Waals surface area contributed by atoms with Crippen molar-refractivity contribution in [1.82, 2.24) is 5.32 Å². The van der Waals surface area contributed by atoms with Crippen LogP contribution in [-0.4, -0.2) is 34.4 Å². The number of benzene rings is 4. The molecule has 0 bridgehead atoms. The van der Waals surface area contributed by atoms with Gasteiger partial charge in [-0.15, -0.1) is 0 Å². The van der Waals surface area contributed by atoms with Crippen LogP contribution in [0.2, 0.25) is 18.1 Å². The van der Waals surface area contributed by atoms with E-state index in [0.717, 1.165) is 16.7 Å². The maximum atomic E-state index is 14.6. The van der Waals surface area contributed by atoms with Gasteiger partial charge in [0, 0.05) is 12.1 Å². The normalized spacial score (nSPS) is 12.7. The molecule has 250 valence electrons. The number of carbonyl (C=O) groups excluding carboxylic acids is 1. The van der Waals surface area contributed by atoms with Gasteiger partial charge < -0.3 is 24.5 Å². The predicted octanol–water partition coefficient (Wildman–Crippen LogP) is 8.90. The first-order valence-corrected chi connectivity index (χ1v) is 18.8. The SMILES string of the molecule is CC(C)(C)[Si](C)(C)OC(CNCCc1cccc(OCC(F)(F)c2ccccc2)c1)c1ccc(OCc2ccccc2)c(NC=O)c1. The van der Waals surface area contributed by atoms with Gasteiger partial charge in [0.2, 0.25) is 6.41 Å². The standard InChI is InChI=1S/C38H46F2N2O4Si/c1-37(2,3)47(4,5)46-36(31-19-20-35(34(24-31)42-28-43)44-26-30-13-8-6-9-14-30)25-41-22-21-29-15-12-18-33(23-29)45-27-38(39,40)32-16-10-7-11-17-32/h6-20,23-24,28,36,41H,21-22,25-27H2,1-5H3,(H,42,43). The first kappa shape index (κ1) is 35.8. The van der Waals surface area contributed by atoms with Gasteiger partial charge in [-0.2, -0.15) is 8.78 Å². The van der Waals surface area contributed by atoms with Crippen LogP contribution >= 0.6 is 0 Å². The van der Waals surface area contributed by atoms with E-state index in [-0.39, 0.29) is 16.7 Å². The van der Waals surface area contributed by atoms with E-state index in [4.69, 9.17) is 13.9 Å². The van der Waals surface area contributed by atoms with E-state index in [1.165, 1.54) is 12.1 Å². The van der Waals surface area contributed by atoms with Gasteiger partial charge in [-0.1, -0.05) is 99.6 Å². The minimum Gasteiger partial charge on any atom is -0.487 e. The summed E-state index contributed by atoms with van der Waals surface area (Å²) in [7, 11) is -2.18. The molecular weight excluding hydrogens is 615 g/mol. The molecule has 0 radical (unpaired) electrons. The van der Waals surface area contributed by atoms with E-state index in [1.54, 1.807) is 30.3 Å². The molecule has 0 heterocycles. The number of ether oxygens (including phenoxy) is 2. The smallest absolute Gasteiger partial charge is 0.306 e. The molecule has 0 aliphatic carbocycles. The molecule has 0 aromatic heterocycles. The molecule has 1 amide bonds. The van der Waals surface area contributed by atoms with Crippen LogP contribution in [-0.2, 0) is 28.2 Å². The van der Waals surface area contributed by atoms with Crippen molar-refractivity contribution in [3.05, 3.63) is 125 Å². The molecule has 0 saturated carbocycles. The van der Waals surface area contributed by atoms with E-state index >= 15 is 0 Å². The Labute approximate surface area is 278 Å². The molecule has 9 heteroatoms. The van der Waals surface area contributed by atoms with Crippen molar-refractivity contribution >= 4 is 20.4 Å². The van der Waals surface area contributed by atoms with Crippen molar-refractivity contribution in [3.63, 3.8) is 0 Å². The second-order valence-corrected chi connectivity index (χ2v) is 17.9.